The van der Waals surface area contributed by atoms with Gasteiger partial charge in [-0.25, -0.2) is 13.6 Å². The largest absolute Gasteiger partial charge is 0.238 e. The topological polar surface area (TPSA) is 28.1 Å². The van der Waals surface area contributed by atoms with E-state index >= 15 is 0 Å². The summed E-state index contributed by atoms with van der Waals surface area (Å²) in [6.45, 7) is 6.78. The average Bonchev–Trinajstić information content (AvgIpc) is 2.46. The number of hydrogen-bond donors (Lipinski definition) is 0. The minimum absolute atomic E-state index is 0.224. The fourth-order valence-electron chi connectivity index (χ4n) is 1.35. The molecule has 0 aliphatic rings. The molecule has 6 heteroatoms. The quantitative estimate of drug-likeness (QED) is 0.577. The van der Waals surface area contributed by atoms with Crippen molar-refractivity contribution in [2.24, 2.45) is 0 Å². The smallest absolute Gasteiger partial charge is 0.190 e. The third-order valence-corrected chi connectivity index (χ3v) is 4.76. The molecular weight excluding hydrogens is 298 g/mol. The Labute approximate surface area is 122 Å². The molecule has 0 bridgehead atoms. The Bertz CT molecular complexity index is 669. The first-order chi connectivity index (χ1) is 9.63. The van der Waals surface area contributed by atoms with Crippen LogP contribution in [0.2, 0.25) is 0 Å². The maximum absolute atomic E-state index is 13.6. The van der Waals surface area contributed by atoms with Crippen LogP contribution >= 0.6 is 21.6 Å². The highest BCUT2D eigenvalue weighted by molar-refractivity contribution is 8.76. The molecule has 20 heavy (non-hydrogen) atoms. The summed E-state index contributed by atoms with van der Waals surface area (Å²) in [5.41, 5.74) is 0.464. The molecule has 0 spiro atoms. The predicted octanol–water partition coefficient (Wildman–Crippen LogP) is 5.19. The van der Waals surface area contributed by atoms with Gasteiger partial charge >= 0.3 is 0 Å². The van der Waals surface area contributed by atoms with E-state index in [9.17, 15) is 8.78 Å². The van der Waals surface area contributed by atoms with Gasteiger partial charge in [-0.1, -0.05) is 12.1 Å². The van der Waals surface area contributed by atoms with Gasteiger partial charge in [-0.15, -0.1) is 0 Å². The van der Waals surface area contributed by atoms with Gasteiger partial charge < -0.3 is 0 Å². The van der Waals surface area contributed by atoms with Crippen LogP contribution in [0.4, 0.5) is 14.5 Å². The summed E-state index contributed by atoms with van der Waals surface area (Å²) in [6.07, 6.45) is 0. The van der Waals surface area contributed by atoms with E-state index in [0.29, 0.717) is 9.79 Å². The lowest BCUT2D eigenvalue weighted by Gasteiger charge is -2.04. The van der Waals surface area contributed by atoms with Crippen LogP contribution in [0.5, 0.6) is 0 Å². The average molecular weight is 304 g/mol. The molecule has 0 fully saturated rings. The van der Waals surface area contributed by atoms with Gasteiger partial charge in [0.15, 0.2) is 5.69 Å². The Hall–Kier alpha value is -2.02. The van der Waals surface area contributed by atoms with E-state index in [1.165, 1.54) is 24.3 Å². The number of rotatable bonds is 3. The summed E-state index contributed by atoms with van der Waals surface area (Å²) in [7, 11) is 2.12. The number of nitrogens with zero attached hydrogens (tertiary/aromatic N) is 2. The summed E-state index contributed by atoms with van der Waals surface area (Å²) in [4.78, 5) is 3.77. The number of nitriles is 1. The van der Waals surface area contributed by atoms with E-state index in [2.05, 4.69) is 4.85 Å². The monoisotopic (exact) mass is 304 g/mol. The van der Waals surface area contributed by atoms with Crippen molar-refractivity contribution >= 4 is 27.3 Å². The van der Waals surface area contributed by atoms with Crippen LogP contribution < -0.4 is 0 Å². The fraction of sp³-hybridized carbons (Fsp3) is 0. The zero-order valence-electron chi connectivity index (χ0n) is 9.93. The Morgan fingerprint density at radius 1 is 1.00 bits per heavy atom. The normalized spacial score (nSPS) is 9.80. The summed E-state index contributed by atoms with van der Waals surface area (Å²) >= 11 is 0. The van der Waals surface area contributed by atoms with Crippen molar-refractivity contribution in [3.8, 4) is 6.07 Å². The second kappa shape index (κ2) is 6.42. The molecule has 0 aliphatic heterocycles. The fourth-order valence-corrected chi connectivity index (χ4v) is 3.41. The molecule has 0 saturated heterocycles. The zero-order chi connectivity index (χ0) is 14.5. The lowest BCUT2D eigenvalue weighted by Crippen LogP contribution is -1.83. The first-order valence-electron chi connectivity index (χ1n) is 5.35. The van der Waals surface area contributed by atoms with Gasteiger partial charge in [0.05, 0.1) is 28.0 Å². The second-order valence-corrected chi connectivity index (χ2v) is 5.86. The molecule has 0 heterocycles. The molecule has 0 aromatic heterocycles. The second-order valence-electron chi connectivity index (χ2n) is 3.65. The van der Waals surface area contributed by atoms with Crippen LogP contribution in [-0.2, 0) is 0 Å². The van der Waals surface area contributed by atoms with Crippen molar-refractivity contribution in [1.82, 2.24) is 0 Å². The standard InChI is InChI=1S/C14H6F2N2S2/c1-18-10-3-5-14(12(16)7-10)20-19-13-4-2-9(8-17)6-11(13)15/h2-7H. The highest BCUT2D eigenvalue weighted by atomic mass is 33.1. The van der Waals surface area contributed by atoms with Crippen LogP contribution in [0.1, 0.15) is 5.56 Å². The maximum atomic E-state index is 13.6. The molecule has 2 aromatic carbocycles. The minimum Gasteiger partial charge on any atom is -0.238 e. The van der Waals surface area contributed by atoms with Crippen LogP contribution in [0.25, 0.3) is 4.85 Å². The summed E-state index contributed by atoms with van der Waals surface area (Å²) in [5.74, 6) is -1.02. The van der Waals surface area contributed by atoms with Crippen molar-refractivity contribution in [3.05, 3.63) is 65.0 Å². The van der Waals surface area contributed by atoms with E-state index < -0.39 is 11.6 Å². The van der Waals surface area contributed by atoms with Crippen LogP contribution in [0, 0.1) is 29.5 Å². The molecule has 0 radical (unpaired) electrons. The third kappa shape index (κ3) is 3.30. The Morgan fingerprint density at radius 2 is 1.60 bits per heavy atom. The predicted molar refractivity (Wildman–Crippen MR) is 75.5 cm³/mol. The first kappa shape index (κ1) is 14.4. The molecule has 0 saturated carbocycles. The Morgan fingerprint density at radius 3 is 2.10 bits per heavy atom. The Balaban J connectivity index is 2.13. The van der Waals surface area contributed by atoms with Crippen molar-refractivity contribution in [2.75, 3.05) is 0 Å². The van der Waals surface area contributed by atoms with E-state index in [1.54, 1.807) is 0 Å². The molecule has 2 aromatic rings. The van der Waals surface area contributed by atoms with Gasteiger partial charge in [0, 0.05) is 0 Å². The number of benzene rings is 2. The highest BCUT2D eigenvalue weighted by Gasteiger charge is 2.09. The summed E-state index contributed by atoms with van der Waals surface area (Å²) in [6, 6.07) is 10.1. The molecule has 0 N–H and O–H groups in total. The van der Waals surface area contributed by atoms with Crippen LogP contribution in [-0.4, -0.2) is 0 Å². The van der Waals surface area contributed by atoms with E-state index in [1.807, 2.05) is 6.07 Å². The molecule has 0 amide bonds. The zero-order valence-corrected chi connectivity index (χ0v) is 11.6. The maximum Gasteiger partial charge on any atom is 0.190 e. The van der Waals surface area contributed by atoms with E-state index in [-0.39, 0.29) is 11.3 Å². The molecule has 98 valence electrons. The molecule has 0 atom stereocenters. The van der Waals surface area contributed by atoms with Crippen molar-refractivity contribution in [2.45, 2.75) is 9.79 Å². The van der Waals surface area contributed by atoms with Crippen molar-refractivity contribution < 1.29 is 8.78 Å². The molecular formula is C14H6F2N2S2. The van der Waals surface area contributed by atoms with E-state index in [0.717, 1.165) is 33.7 Å². The molecule has 2 nitrogen and oxygen atoms in total. The third-order valence-electron chi connectivity index (χ3n) is 2.33. The lowest BCUT2D eigenvalue weighted by molar-refractivity contribution is 0.601. The van der Waals surface area contributed by atoms with Crippen molar-refractivity contribution in [1.29, 1.82) is 5.26 Å². The van der Waals surface area contributed by atoms with Gasteiger partial charge in [-0.2, -0.15) is 5.26 Å². The van der Waals surface area contributed by atoms with Gasteiger partial charge in [-0.05, 0) is 45.9 Å². The van der Waals surface area contributed by atoms with Gasteiger partial charge in [-0.3, -0.25) is 0 Å². The summed E-state index contributed by atoms with van der Waals surface area (Å²) in [5, 5.41) is 8.64. The molecule has 0 unspecified atom stereocenters. The molecule has 2 rings (SSSR count). The SMILES string of the molecule is [C-]#[N+]c1ccc(SSc2ccc(C#N)cc2F)c(F)c1. The number of hydrogen-bond acceptors (Lipinski definition) is 3. The van der Waals surface area contributed by atoms with Gasteiger partial charge in [0.2, 0.25) is 0 Å². The number of halogens is 2. The lowest BCUT2D eigenvalue weighted by atomic mass is 10.2. The van der Waals surface area contributed by atoms with Crippen LogP contribution in [0.3, 0.4) is 0 Å². The highest BCUT2D eigenvalue weighted by Crippen LogP contribution is 2.40. The summed E-state index contributed by atoms with van der Waals surface area (Å²) < 4.78 is 27.3. The molecule has 0 aliphatic carbocycles. The van der Waals surface area contributed by atoms with Gasteiger partial charge in [0.1, 0.15) is 11.6 Å². The van der Waals surface area contributed by atoms with Crippen LogP contribution in [0.15, 0.2) is 46.2 Å². The first-order valence-corrected chi connectivity index (χ1v) is 7.50. The van der Waals surface area contributed by atoms with Gasteiger partial charge in [0.25, 0.3) is 0 Å². The van der Waals surface area contributed by atoms with E-state index in [4.69, 9.17) is 11.8 Å². The minimum atomic E-state index is -0.514. The Kier molecular flexibility index (Phi) is 4.62. The van der Waals surface area contributed by atoms with Crippen molar-refractivity contribution in [3.63, 3.8) is 0 Å².